The number of carbonyl (C=O) groups is 2. The van der Waals surface area contributed by atoms with Gasteiger partial charge in [0.05, 0.1) is 25.9 Å². The fraction of sp³-hybridized carbons (Fsp3) is 0.517. The lowest BCUT2D eigenvalue weighted by Crippen LogP contribution is -2.51. The quantitative estimate of drug-likeness (QED) is 0.228. The average Bonchev–Trinajstić information content (AvgIpc) is 3.13. The molecule has 0 spiro atoms. The zero-order valence-electron chi connectivity index (χ0n) is 22.3. The Morgan fingerprint density at radius 2 is 1.46 bits per heavy atom. The van der Waals surface area contributed by atoms with E-state index in [0.29, 0.717) is 22.4 Å². The normalized spacial score (nSPS) is 21.3. The summed E-state index contributed by atoms with van der Waals surface area (Å²) in [5.74, 6) is -1.14. The number of methoxy groups -OCH3 is 2. The van der Waals surface area contributed by atoms with Crippen LogP contribution in [0.5, 0.6) is 0 Å². The molecule has 2 atom stereocenters. The highest BCUT2D eigenvalue weighted by atomic mass is 28.4. The lowest BCUT2D eigenvalue weighted by atomic mass is 9.75. The van der Waals surface area contributed by atoms with Crippen molar-refractivity contribution in [2.24, 2.45) is 11.3 Å². The minimum absolute atomic E-state index is 0.0591. The molecule has 3 rings (SSSR count). The van der Waals surface area contributed by atoms with Crippen molar-refractivity contribution in [1.82, 2.24) is 0 Å². The van der Waals surface area contributed by atoms with E-state index in [1.54, 1.807) is 6.08 Å². The Morgan fingerprint density at radius 1 is 0.914 bits per heavy atom. The Bertz CT molecular complexity index is 981. The van der Waals surface area contributed by atoms with Crippen LogP contribution in [0.15, 0.2) is 66.0 Å². The topological polar surface area (TPSA) is 61.8 Å². The van der Waals surface area contributed by atoms with Gasteiger partial charge in [0.2, 0.25) is 0 Å². The molecule has 1 aromatic carbocycles. The number of benzene rings is 1. The van der Waals surface area contributed by atoms with Crippen molar-refractivity contribution in [2.45, 2.75) is 70.5 Å². The molecule has 0 N–H and O–H groups in total. The van der Waals surface area contributed by atoms with Crippen molar-refractivity contribution < 1.29 is 23.5 Å². The van der Waals surface area contributed by atoms with Crippen LogP contribution in [0.4, 0.5) is 0 Å². The number of hydrogen-bond donors (Lipinski definition) is 0. The first kappa shape index (κ1) is 27.0. The molecule has 190 valence electrons. The van der Waals surface area contributed by atoms with Gasteiger partial charge in [0.15, 0.2) is 5.41 Å². The van der Waals surface area contributed by atoms with Crippen LogP contribution in [-0.2, 0) is 23.5 Å². The van der Waals surface area contributed by atoms with Crippen LogP contribution < -0.4 is 0 Å². The molecule has 0 saturated heterocycles. The molecule has 5 nitrogen and oxygen atoms in total. The number of hydrogen-bond acceptors (Lipinski definition) is 5. The summed E-state index contributed by atoms with van der Waals surface area (Å²) in [5, 5.41) is 0. The largest absolute Gasteiger partial charge is 0.545 e. The van der Waals surface area contributed by atoms with Crippen LogP contribution in [0.1, 0.15) is 59.4 Å². The second-order valence-electron chi connectivity index (χ2n) is 10.6. The van der Waals surface area contributed by atoms with Crippen LogP contribution in [0.2, 0.25) is 16.6 Å². The van der Waals surface area contributed by atoms with E-state index in [4.69, 9.17) is 13.9 Å². The molecule has 0 bridgehead atoms. The summed E-state index contributed by atoms with van der Waals surface area (Å²) < 4.78 is 17.6. The molecule has 0 amide bonds. The summed E-state index contributed by atoms with van der Waals surface area (Å²) in [6, 6.07) is 10.3. The van der Waals surface area contributed by atoms with Crippen LogP contribution in [0.25, 0.3) is 0 Å². The third-order valence-corrected chi connectivity index (χ3v) is 13.9. The maximum atomic E-state index is 13.3. The Kier molecular flexibility index (Phi) is 8.15. The predicted octanol–water partition coefficient (Wildman–Crippen LogP) is 6.69. The maximum Gasteiger partial charge on any atom is 0.328 e. The standard InChI is InChI=1S/C29H40O5Si/c1-19(2)35(20(3)4,21(5)6)34-25-18-24(22-12-10-9-11-13-22)15-14-23-16-17-29(26(23)25,27(30)32-7)28(31)33-8/h9-14,16-21,24,26H,15H2,1-8H3/t24-,26+/m0/s1. The molecular formula is C29H40O5Si. The molecule has 0 aliphatic heterocycles. The fourth-order valence-corrected chi connectivity index (χ4v) is 11.6. The van der Waals surface area contributed by atoms with Gasteiger partial charge in [0.1, 0.15) is 0 Å². The monoisotopic (exact) mass is 496 g/mol. The summed E-state index contributed by atoms with van der Waals surface area (Å²) >= 11 is 0. The molecule has 0 fully saturated rings. The summed E-state index contributed by atoms with van der Waals surface area (Å²) in [6.45, 7) is 13.4. The number of ether oxygens (including phenoxy) is 2. The van der Waals surface area contributed by atoms with Crippen LogP contribution in [-0.4, -0.2) is 34.5 Å². The zero-order valence-corrected chi connectivity index (χ0v) is 23.3. The Morgan fingerprint density at radius 3 is 1.94 bits per heavy atom. The van der Waals surface area contributed by atoms with Gasteiger partial charge in [-0.2, -0.15) is 0 Å². The SMILES string of the molecule is COC(=O)C1(C(=O)OC)C=CC2=CC[C@H](c3ccccc3)C=C(O[Si](C(C)C)(C(C)C)C(C)C)[C@@H]21. The first-order valence-corrected chi connectivity index (χ1v) is 14.7. The van der Waals surface area contributed by atoms with E-state index in [9.17, 15) is 9.59 Å². The van der Waals surface area contributed by atoms with Crippen molar-refractivity contribution in [3.8, 4) is 0 Å². The second kappa shape index (κ2) is 10.6. The average molecular weight is 497 g/mol. The number of carbonyl (C=O) groups excluding carboxylic acids is 2. The minimum atomic E-state index is -2.41. The van der Waals surface area contributed by atoms with Crippen molar-refractivity contribution in [2.75, 3.05) is 14.2 Å². The van der Waals surface area contributed by atoms with E-state index in [0.717, 1.165) is 12.0 Å². The molecule has 2 aliphatic carbocycles. The molecule has 0 saturated carbocycles. The highest BCUT2D eigenvalue weighted by Gasteiger charge is 2.60. The van der Waals surface area contributed by atoms with E-state index in [1.807, 2.05) is 24.3 Å². The van der Waals surface area contributed by atoms with Gasteiger partial charge in [-0.1, -0.05) is 90.1 Å². The van der Waals surface area contributed by atoms with E-state index in [1.165, 1.54) is 19.8 Å². The molecule has 1 aromatic rings. The van der Waals surface area contributed by atoms with Crippen molar-refractivity contribution >= 4 is 20.3 Å². The third kappa shape index (κ3) is 4.53. The highest BCUT2D eigenvalue weighted by molar-refractivity contribution is 6.77. The van der Waals surface area contributed by atoms with Gasteiger partial charge < -0.3 is 13.9 Å². The van der Waals surface area contributed by atoms with E-state index < -0.39 is 31.6 Å². The first-order valence-electron chi connectivity index (χ1n) is 12.6. The second-order valence-corrected chi connectivity index (χ2v) is 15.9. The van der Waals surface area contributed by atoms with Crippen molar-refractivity contribution in [3.63, 3.8) is 0 Å². The summed E-state index contributed by atoms with van der Waals surface area (Å²) in [6.07, 6.45) is 8.52. The van der Waals surface area contributed by atoms with Gasteiger partial charge in [0, 0.05) is 5.92 Å². The van der Waals surface area contributed by atoms with E-state index in [-0.39, 0.29) is 5.92 Å². The first-order chi connectivity index (χ1) is 16.6. The van der Waals surface area contributed by atoms with Gasteiger partial charge in [-0.3, -0.25) is 9.59 Å². The fourth-order valence-electron chi connectivity index (χ4n) is 6.26. The summed E-state index contributed by atoms with van der Waals surface area (Å²) in [5.41, 5.74) is 1.43. The van der Waals surface area contributed by atoms with E-state index in [2.05, 4.69) is 65.8 Å². The predicted molar refractivity (Wildman–Crippen MR) is 141 cm³/mol. The molecule has 35 heavy (non-hydrogen) atoms. The van der Waals surface area contributed by atoms with Crippen LogP contribution in [0.3, 0.4) is 0 Å². The molecule has 0 radical (unpaired) electrons. The molecule has 0 unspecified atom stereocenters. The summed E-state index contributed by atoms with van der Waals surface area (Å²) in [4.78, 5) is 26.6. The maximum absolute atomic E-state index is 13.3. The summed E-state index contributed by atoms with van der Waals surface area (Å²) in [7, 11) is 0.215. The Labute approximate surface area is 211 Å². The van der Waals surface area contributed by atoms with Gasteiger partial charge in [0.25, 0.3) is 8.32 Å². The minimum Gasteiger partial charge on any atom is -0.545 e. The van der Waals surface area contributed by atoms with Crippen molar-refractivity contribution in [3.05, 3.63) is 71.5 Å². The zero-order chi connectivity index (χ0) is 26.0. The third-order valence-electron chi connectivity index (χ3n) is 7.86. The molecule has 0 heterocycles. The van der Waals surface area contributed by atoms with Crippen LogP contribution >= 0.6 is 0 Å². The number of allylic oxidation sites excluding steroid dienone is 4. The van der Waals surface area contributed by atoms with Gasteiger partial charge in [-0.05, 0) is 40.3 Å². The molecule has 2 aliphatic rings. The van der Waals surface area contributed by atoms with Gasteiger partial charge in [-0.15, -0.1) is 0 Å². The van der Waals surface area contributed by atoms with Gasteiger partial charge in [-0.25, -0.2) is 0 Å². The number of fused-ring (bicyclic) bond motifs is 1. The lowest BCUT2D eigenvalue weighted by molar-refractivity contribution is -0.167. The Balaban J connectivity index is 2.28. The molecule has 6 heteroatoms. The van der Waals surface area contributed by atoms with Crippen molar-refractivity contribution in [1.29, 1.82) is 0 Å². The Hall–Kier alpha value is -2.60. The number of rotatable bonds is 8. The van der Waals surface area contributed by atoms with E-state index >= 15 is 0 Å². The number of esters is 2. The van der Waals surface area contributed by atoms with Gasteiger partial charge >= 0.3 is 11.9 Å². The lowest BCUT2D eigenvalue weighted by Gasteiger charge is -2.45. The van der Waals surface area contributed by atoms with Crippen LogP contribution in [0, 0.1) is 11.3 Å². The smallest absolute Gasteiger partial charge is 0.328 e. The molecular weight excluding hydrogens is 456 g/mol. The highest BCUT2D eigenvalue weighted by Crippen LogP contribution is 2.53. The molecule has 0 aromatic heterocycles.